The van der Waals surface area contributed by atoms with Crippen LogP contribution in [0.15, 0.2) is 18.2 Å². The molecule has 100 valence electrons. The molecule has 0 unspecified atom stereocenters. The highest BCUT2D eigenvalue weighted by molar-refractivity contribution is 5.97. The van der Waals surface area contributed by atoms with Crippen LogP contribution in [0.3, 0.4) is 0 Å². The molecule has 4 nitrogen and oxygen atoms in total. The second-order valence-corrected chi connectivity index (χ2v) is 4.87. The van der Waals surface area contributed by atoms with E-state index in [4.69, 9.17) is 15.2 Å². The highest BCUT2D eigenvalue weighted by atomic mass is 16.5. The lowest BCUT2D eigenvalue weighted by Gasteiger charge is -2.23. The number of carbonyl (C=O) groups is 1. The number of nitrogen functional groups attached to an aromatic ring is 1. The van der Waals surface area contributed by atoms with Crippen LogP contribution < -0.4 is 10.5 Å². The van der Waals surface area contributed by atoms with Crippen LogP contribution >= 0.6 is 0 Å². The van der Waals surface area contributed by atoms with Crippen LogP contribution in [0.1, 0.15) is 37.6 Å². The van der Waals surface area contributed by atoms with Crippen LogP contribution in [0.4, 0.5) is 5.69 Å². The summed E-state index contributed by atoms with van der Waals surface area (Å²) >= 11 is 0. The summed E-state index contributed by atoms with van der Waals surface area (Å²) in [5.41, 5.74) is 6.50. The minimum Gasteiger partial charge on any atom is -0.493 e. The Morgan fingerprint density at radius 2 is 2.06 bits per heavy atom. The van der Waals surface area contributed by atoms with E-state index in [1.807, 2.05) is 13.8 Å². The van der Waals surface area contributed by atoms with Gasteiger partial charge in [0.25, 0.3) is 0 Å². The summed E-state index contributed by atoms with van der Waals surface area (Å²) in [5.74, 6) is 0.520. The lowest BCUT2D eigenvalue weighted by atomic mass is 10.1. The molecule has 0 saturated heterocycles. The maximum Gasteiger partial charge on any atom is 0.163 e. The quantitative estimate of drug-likeness (QED) is 0.623. The molecule has 0 aliphatic heterocycles. The fourth-order valence-corrected chi connectivity index (χ4v) is 1.46. The highest BCUT2D eigenvalue weighted by Gasteiger charge is 2.17. The molecule has 2 N–H and O–H groups in total. The lowest BCUT2D eigenvalue weighted by Crippen LogP contribution is -2.25. The van der Waals surface area contributed by atoms with Crippen LogP contribution in [0.25, 0.3) is 0 Å². The van der Waals surface area contributed by atoms with Gasteiger partial charge in [0.1, 0.15) is 5.75 Å². The zero-order valence-electron chi connectivity index (χ0n) is 11.4. The molecule has 0 fully saturated rings. The van der Waals surface area contributed by atoms with E-state index < -0.39 is 0 Å². The fraction of sp³-hybridized carbons (Fsp3) is 0.500. The number of methoxy groups -OCH3 is 1. The summed E-state index contributed by atoms with van der Waals surface area (Å²) in [6.07, 6.45) is 0.741. The molecule has 4 heteroatoms. The molecule has 0 bridgehead atoms. The first-order valence-corrected chi connectivity index (χ1v) is 5.94. The first kappa shape index (κ1) is 14.5. The summed E-state index contributed by atoms with van der Waals surface area (Å²) in [5, 5.41) is 0. The number of rotatable bonds is 6. The largest absolute Gasteiger partial charge is 0.493 e. The Kier molecular flexibility index (Phi) is 4.73. The van der Waals surface area contributed by atoms with E-state index in [0.717, 1.165) is 6.42 Å². The Morgan fingerprint density at radius 3 is 2.61 bits per heavy atom. The summed E-state index contributed by atoms with van der Waals surface area (Å²) < 4.78 is 10.9. The predicted octanol–water partition coefficient (Wildman–Crippen LogP) is 2.67. The van der Waals surface area contributed by atoms with Crippen LogP contribution in [0.5, 0.6) is 5.75 Å². The fourth-order valence-electron chi connectivity index (χ4n) is 1.46. The van der Waals surface area contributed by atoms with Crippen molar-refractivity contribution in [2.24, 2.45) is 0 Å². The second-order valence-electron chi connectivity index (χ2n) is 4.87. The van der Waals surface area contributed by atoms with Gasteiger partial charge in [-0.05, 0) is 39.0 Å². The van der Waals surface area contributed by atoms with Gasteiger partial charge in [0.2, 0.25) is 0 Å². The third-order valence-electron chi connectivity index (χ3n) is 2.90. The van der Waals surface area contributed by atoms with Crippen LogP contribution in [-0.4, -0.2) is 25.1 Å². The van der Waals surface area contributed by atoms with Crippen LogP contribution in [-0.2, 0) is 4.74 Å². The van der Waals surface area contributed by atoms with E-state index in [-0.39, 0.29) is 11.4 Å². The van der Waals surface area contributed by atoms with Crippen molar-refractivity contribution in [3.63, 3.8) is 0 Å². The van der Waals surface area contributed by atoms with E-state index in [1.54, 1.807) is 25.3 Å². The molecule has 18 heavy (non-hydrogen) atoms. The minimum absolute atomic E-state index is 0.0525. The second kappa shape index (κ2) is 5.87. The molecule has 1 aromatic rings. The van der Waals surface area contributed by atoms with Crippen molar-refractivity contribution < 1.29 is 14.3 Å². The normalized spacial score (nSPS) is 11.3. The zero-order valence-corrected chi connectivity index (χ0v) is 11.4. The van der Waals surface area contributed by atoms with Crippen molar-refractivity contribution in [3.05, 3.63) is 23.8 Å². The zero-order chi connectivity index (χ0) is 13.8. The average Bonchev–Trinajstić information content (AvgIpc) is 2.30. The Labute approximate surface area is 108 Å². The van der Waals surface area contributed by atoms with Crippen molar-refractivity contribution in [2.75, 3.05) is 19.5 Å². The Bertz CT molecular complexity index is 427. The number of hydrogen-bond donors (Lipinski definition) is 1. The highest BCUT2D eigenvalue weighted by Crippen LogP contribution is 2.23. The minimum atomic E-state index is -0.232. The van der Waals surface area contributed by atoms with Gasteiger partial charge < -0.3 is 15.2 Å². The van der Waals surface area contributed by atoms with E-state index >= 15 is 0 Å². The van der Waals surface area contributed by atoms with Crippen molar-refractivity contribution in [1.82, 2.24) is 0 Å². The first-order valence-electron chi connectivity index (χ1n) is 5.94. The molecule has 0 heterocycles. The number of anilines is 1. The summed E-state index contributed by atoms with van der Waals surface area (Å²) in [7, 11) is 1.67. The maximum absolute atomic E-state index is 11.5. The van der Waals surface area contributed by atoms with Crippen molar-refractivity contribution in [3.8, 4) is 5.75 Å². The van der Waals surface area contributed by atoms with Gasteiger partial charge in [-0.3, -0.25) is 4.79 Å². The van der Waals surface area contributed by atoms with Crippen molar-refractivity contribution in [1.29, 1.82) is 0 Å². The smallest absolute Gasteiger partial charge is 0.163 e. The molecule has 0 aromatic heterocycles. The monoisotopic (exact) mass is 251 g/mol. The SMILES string of the molecule is COC(C)(C)CCOc1ccc(N)cc1C(C)=O. The van der Waals surface area contributed by atoms with Gasteiger partial charge >= 0.3 is 0 Å². The molecule has 0 atom stereocenters. The number of benzene rings is 1. The number of hydrogen-bond acceptors (Lipinski definition) is 4. The standard InChI is InChI=1S/C14H21NO3/c1-10(16)12-9-11(15)5-6-13(12)18-8-7-14(2,3)17-4/h5-6,9H,7-8,15H2,1-4H3. The first-order chi connectivity index (χ1) is 8.35. The number of Topliss-reactive ketones (excluding diaryl/α,β-unsaturated/α-hetero) is 1. The van der Waals surface area contributed by atoms with E-state index in [9.17, 15) is 4.79 Å². The number of nitrogens with two attached hydrogens (primary N) is 1. The Morgan fingerprint density at radius 1 is 1.39 bits per heavy atom. The molecule has 0 aliphatic rings. The summed E-state index contributed by atoms with van der Waals surface area (Å²) in [6.45, 7) is 5.97. The lowest BCUT2D eigenvalue weighted by molar-refractivity contribution is 0.00542. The topological polar surface area (TPSA) is 61.6 Å². The molecular formula is C14H21NO3. The predicted molar refractivity (Wildman–Crippen MR) is 72.1 cm³/mol. The molecule has 0 aliphatic carbocycles. The Hall–Kier alpha value is -1.55. The van der Waals surface area contributed by atoms with E-state index in [1.165, 1.54) is 6.92 Å². The third-order valence-corrected chi connectivity index (χ3v) is 2.90. The molecule has 0 saturated carbocycles. The summed E-state index contributed by atoms with van der Waals surface area (Å²) in [4.78, 5) is 11.5. The molecule has 0 spiro atoms. The molecule has 0 amide bonds. The van der Waals surface area contributed by atoms with Crippen LogP contribution in [0, 0.1) is 0 Å². The van der Waals surface area contributed by atoms with Crippen molar-refractivity contribution >= 4 is 11.5 Å². The van der Waals surface area contributed by atoms with Gasteiger partial charge in [-0.15, -0.1) is 0 Å². The molecule has 1 aromatic carbocycles. The van der Waals surface area contributed by atoms with Gasteiger partial charge in [0, 0.05) is 19.2 Å². The number of carbonyl (C=O) groups excluding carboxylic acids is 1. The van der Waals surface area contributed by atoms with Gasteiger partial charge in [0.05, 0.1) is 17.8 Å². The average molecular weight is 251 g/mol. The van der Waals surface area contributed by atoms with Gasteiger partial charge in [-0.2, -0.15) is 0 Å². The molecule has 1 rings (SSSR count). The number of ether oxygens (including phenoxy) is 2. The number of ketones is 1. The van der Waals surface area contributed by atoms with Gasteiger partial charge in [-0.25, -0.2) is 0 Å². The molecular weight excluding hydrogens is 230 g/mol. The maximum atomic E-state index is 11.5. The third kappa shape index (κ3) is 4.04. The van der Waals surface area contributed by atoms with Crippen molar-refractivity contribution in [2.45, 2.75) is 32.8 Å². The summed E-state index contributed by atoms with van der Waals surface area (Å²) in [6, 6.07) is 5.09. The van der Waals surface area contributed by atoms with Crippen LogP contribution in [0.2, 0.25) is 0 Å². The Balaban J connectivity index is 2.70. The van der Waals surface area contributed by atoms with Gasteiger partial charge in [0.15, 0.2) is 5.78 Å². The van der Waals surface area contributed by atoms with Gasteiger partial charge in [-0.1, -0.05) is 0 Å². The van der Waals surface area contributed by atoms with E-state index in [0.29, 0.717) is 23.6 Å². The van der Waals surface area contributed by atoms with E-state index in [2.05, 4.69) is 0 Å². The molecule has 0 radical (unpaired) electrons.